The molecule has 2 heterocycles. The number of carbonyl (C=O) groups is 1. The molecule has 0 saturated heterocycles. The number of benzene rings is 1. The van der Waals surface area contributed by atoms with Crippen LogP contribution < -0.4 is 5.32 Å². The molecule has 0 fully saturated rings. The van der Waals surface area contributed by atoms with Crippen LogP contribution in [0, 0.1) is 13.8 Å². The highest BCUT2D eigenvalue weighted by Gasteiger charge is 2.20. The fraction of sp³-hybridized carbons (Fsp3) is 0.333. The van der Waals surface area contributed by atoms with E-state index in [9.17, 15) is 4.79 Å². The van der Waals surface area contributed by atoms with E-state index < -0.39 is 0 Å². The average molecular weight is 372 g/mol. The first-order valence-electron chi connectivity index (χ1n) is 8.16. The number of anilines is 1. The van der Waals surface area contributed by atoms with Crippen molar-refractivity contribution in [3.05, 3.63) is 46.4 Å². The van der Waals surface area contributed by atoms with Crippen LogP contribution in [0.2, 0.25) is 0 Å². The van der Waals surface area contributed by atoms with Crippen LogP contribution in [0.15, 0.2) is 28.8 Å². The number of aryl methyl sites for hydroxylation is 2. The molecule has 2 aromatic heterocycles. The molecule has 1 N–H and O–H groups in total. The fourth-order valence-electron chi connectivity index (χ4n) is 2.29. The van der Waals surface area contributed by atoms with E-state index >= 15 is 0 Å². The van der Waals surface area contributed by atoms with Crippen molar-refractivity contribution in [3.8, 4) is 10.8 Å². The molecule has 0 bridgehead atoms. The number of thiazole rings is 1. The van der Waals surface area contributed by atoms with Crippen LogP contribution in [0.3, 0.4) is 0 Å². The molecule has 0 aliphatic rings. The summed E-state index contributed by atoms with van der Waals surface area (Å²) in [5.41, 5.74) is 2.67. The third-order valence-corrected chi connectivity index (χ3v) is 5.14. The van der Waals surface area contributed by atoms with Gasteiger partial charge in [0, 0.05) is 12.8 Å². The average Bonchev–Trinajstić information content (AvgIpc) is 3.22. The zero-order valence-corrected chi connectivity index (χ0v) is 15.9. The normalized spacial score (nSPS) is 12.2. The first-order valence-corrected chi connectivity index (χ1v) is 8.97. The maximum atomic E-state index is 12.2. The van der Waals surface area contributed by atoms with Crippen LogP contribution in [0.5, 0.6) is 0 Å². The van der Waals surface area contributed by atoms with E-state index in [1.807, 2.05) is 45.0 Å². The molecular weight excluding hydrogens is 352 g/mol. The number of methoxy groups -OCH3 is 1. The van der Waals surface area contributed by atoms with E-state index in [2.05, 4.69) is 20.4 Å². The summed E-state index contributed by atoms with van der Waals surface area (Å²) in [4.78, 5) is 21.7. The van der Waals surface area contributed by atoms with Gasteiger partial charge in [-0.05, 0) is 32.9 Å². The first-order chi connectivity index (χ1) is 12.5. The molecule has 0 spiro atoms. The maximum absolute atomic E-state index is 12.2. The maximum Gasteiger partial charge on any atom is 0.269 e. The summed E-state index contributed by atoms with van der Waals surface area (Å²) in [5.74, 6) is 0.502. The van der Waals surface area contributed by atoms with Gasteiger partial charge in [-0.3, -0.25) is 4.79 Å². The highest BCUT2D eigenvalue weighted by Crippen LogP contribution is 2.32. The summed E-state index contributed by atoms with van der Waals surface area (Å²) < 4.78 is 10.6. The Balaban J connectivity index is 1.69. The van der Waals surface area contributed by atoms with E-state index in [1.165, 1.54) is 11.3 Å². The summed E-state index contributed by atoms with van der Waals surface area (Å²) in [5, 5.41) is 7.57. The number of amides is 1. The Labute approximate surface area is 155 Å². The van der Waals surface area contributed by atoms with E-state index in [-0.39, 0.29) is 18.4 Å². The van der Waals surface area contributed by atoms with Gasteiger partial charge in [0.15, 0.2) is 5.82 Å². The number of nitrogens with one attached hydrogen (secondary N) is 1. The van der Waals surface area contributed by atoms with Crippen molar-refractivity contribution in [2.45, 2.75) is 33.3 Å². The minimum absolute atomic E-state index is 0.0383. The number of hydrogen-bond donors (Lipinski definition) is 1. The predicted octanol–water partition coefficient (Wildman–Crippen LogP) is 3.70. The molecule has 0 aliphatic carbocycles. The van der Waals surface area contributed by atoms with Crippen molar-refractivity contribution < 1.29 is 14.1 Å². The quantitative estimate of drug-likeness (QED) is 0.709. The van der Waals surface area contributed by atoms with Crippen molar-refractivity contribution in [1.82, 2.24) is 15.1 Å². The van der Waals surface area contributed by atoms with Gasteiger partial charge in [-0.15, -0.1) is 11.3 Å². The van der Waals surface area contributed by atoms with E-state index in [0.29, 0.717) is 11.7 Å². The lowest BCUT2D eigenvalue weighted by molar-refractivity contribution is -0.115. The smallest absolute Gasteiger partial charge is 0.269 e. The summed E-state index contributed by atoms with van der Waals surface area (Å²) in [6.45, 7) is 5.80. The second-order valence-electron chi connectivity index (χ2n) is 5.95. The largest absolute Gasteiger partial charge is 0.375 e. The Kier molecular flexibility index (Phi) is 5.43. The van der Waals surface area contributed by atoms with Crippen LogP contribution in [-0.4, -0.2) is 28.1 Å². The topological polar surface area (TPSA) is 90.1 Å². The number of hydrogen-bond acceptors (Lipinski definition) is 7. The van der Waals surface area contributed by atoms with Gasteiger partial charge in [0.25, 0.3) is 5.89 Å². The molecule has 3 aromatic rings. The van der Waals surface area contributed by atoms with E-state index in [1.54, 1.807) is 7.11 Å². The number of aromatic nitrogens is 3. The minimum Gasteiger partial charge on any atom is -0.375 e. The highest BCUT2D eigenvalue weighted by molar-refractivity contribution is 7.15. The van der Waals surface area contributed by atoms with Crippen molar-refractivity contribution in [3.63, 3.8) is 0 Å². The monoisotopic (exact) mass is 372 g/mol. The summed E-state index contributed by atoms with van der Waals surface area (Å²) in [6, 6.07) is 7.59. The molecule has 1 unspecified atom stereocenters. The van der Waals surface area contributed by atoms with Gasteiger partial charge in [0.2, 0.25) is 5.91 Å². The lowest BCUT2D eigenvalue weighted by Crippen LogP contribution is -2.15. The number of nitrogens with zero attached hydrogens (tertiary/aromatic N) is 3. The van der Waals surface area contributed by atoms with Crippen molar-refractivity contribution in [2.24, 2.45) is 0 Å². The SMILES string of the molecule is COC(C)c1nc(C)c(-c2nc(CC(=O)Nc3ccc(C)cc3)no2)s1. The standard InChI is InChI=1S/C18H20N4O3S/c1-10-5-7-13(8-6-10)20-15(23)9-14-21-17(25-22-14)16-11(2)19-18(26-16)12(3)24-4/h5-8,12H,9H2,1-4H3,(H,20,23). The molecule has 1 amide bonds. The highest BCUT2D eigenvalue weighted by atomic mass is 32.1. The van der Waals surface area contributed by atoms with Crippen molar-refractivity contribution >= 4 is 22.9 Å². The van der Waals surface area contributed by atoms with Gasteiger partial charge < -0.3 is 14.6 Å². The van der Waals surface area contributed by atoms with Crippen LogP contribution in [-0.2, 0) is 16.0 Å². The Morgan fingerprint density at radius 1 is 1.27 bits per heavy atom. The fourth-order valence-corrected chi connectivity index (χ4v) is 3.31. The Bertz CT molecular complexity index is 902. The van der Waals surface area contributed by atoms with E-state index in [0.717, 1.165) is 26.8 Å². The van der Waals surface area contributed by atoms with Gasteiger partial charge in [-0.2, -0.15) is 4.98 Å². The number of carbonyl (C=O) groups excluding carboxylic acids is 1. The predicted molar refractivity (Wildman–Crippen MR) is 99.1 cm³/mol. The van der Waals surface area contributed by atoms with Crippen LogP contribution >= 0.6 is 11.3 Å². The summed E-state index contributed by atoms with van der Waals surface area (Å²) >= 11 is 1.45. The molecule has 1 aromatic carbocycles. The molecule has 3 rings (SSSR count). The van der Waals surface area contributed by atoms with Gasteiger partial charge in [-0.1, -0.05) is 22.9 Å². The second kappa shape index (κ2) is 7.76. The van der Waals surface area contributed by atoms with Gasteiger partial charge in [0.1, 0.15) is 16.0 Å². The number of ether oxygens (including phenoxy) is 1. The molecule has 26 heavy (non-hydrogen) atoms. The van der Waals surface area contributed by atoms with Crippen molar-refractivity contribution in [1.29, 1.82) is 0 Å². The van der Waals surface area contributed by atoms with E-state index in [4.69, 9.17) is 9.26 Å². The van der Waals surface area contributed by atoms with Crippen LogP contribution in [0.4, 0.5) is 5.69 Å². The molecule has 7 nitrogen and oxygen atoms in total. The zero-order chi connectivity index (χ0) is 18.7. The molecule has 0 saturated carbocycles. The molecule has 136 valence electrons. The Morgan fingerprint density at radius 2 is 2.00 bits per heavy atom. The lowest BCUT2D eigenvalue weighted by atomic mass is 10.2. The molecule has 1 atom stereocenters. The second-order valence-corrected chi connectivity index (χ2v) is 6.98. The molecular formula is C18H20N4O3S. The van der Waals surface area contributed by atoms with Crippen LogP contribution in [0.25, 0.3) is 10.8 Å². The molecule has 8 heteroatoms. The summed E-state index contributed by atoms with van der Waals surface area (Å²) in [7, 11) is 1.64. The first kappa shape index (κ1) is 18.2. The molecule has 0 radical (unpaired) electrons. The third-order valence-electron chi connectivity index (χ3n) is 3.83. The van der Waals surface area contributed by atoms with Crippen molar-refractivity contribution in [2.75, 3.05) is 12.4 Å². The molecule has 0 aliphatic heterocycles. The van der Waals surface area contributed by atoms with Gasteiger partial charge in [0.05, 0.1) is 12.1 Å². The number of rotatable bonds is 6. The Hall–Kier alpha value is -2.58. The third kappa shape index (κ3) is 4.14. The summed E-state index contributed by atoms with van der Waals surface area (Å²) in [6.07, 6.45) is -0.0635. The Morgan fingerprint density at radius 3 is 2.69 bits per heavy atom. The minimum atomic E-state index is -0.198. The lowest BCUT2D eigenvalue weighted by Gasteiger charge is -2.03. The van der Waals surface area contributed by atoms with Crippen LogP contribution in [0.1, 0.15) is 35.1 Å². The van der Waals surface area contributed by atoms with Gasteiger partial charge in [-0.25, -0.2) is 4.98 Å². The zero-order valence-electron chi connectivity index (χ0n) is 15.1. The van der Waals surface area contributed by atoms with Gasteiger partial charge >= 0.3 is 0 Å².